The second-order valence-corrected chi connectivity index (χ2v) is 10.5. The quantitative estimate of drug-likeness (QED) is 0.467. The minimum atomic E-state index is -3.58. The Morgan fingerprint density at radius 3 is 2.32 bits per heavy atom. The van der Waals surface area contributed by atoms with Crippen LogP contribution in [0.3, 0.4) is 0 Å². The molecule has 9 heteroatoms. The van der Waals surface area contributed by atoms with Gasteiger partial charge in [0.05, 0.1) is 11.9 Å². The number of rotatable bonds is 12. The highest BCUT2D eigenvalue weighted by Crippen LogP contribution is 2.28. The summed E-state index contributed by atoms with van der Waals surface area (Å²) in [6.07, 6.45) is 2.02. The van der Waals surface area contributed by atoms with Crippen LogP contribution in [0, 0.1) is 6.92 Å². The number of hydrogen-bond acceptors (Lipinski definition) is 4. The summed E-state index contributed by atoms with van der Waals surface area (Å²) in [6.45, 7) is 6.39. The summed E-state index contributed by atoms with van der Waals surface area (Å²) in [5.74, 6) is -0.389. The number of carbonyl (C=O) groups is 2. The van der Waals surface area contributed by atoms with Crippen molar-refractivity contribution in [2.24, 2.45) is 0 Å². The number of hydrogen-bond donors (Lipinski definition) is 1. The van der Waals surface area contributed by atoms with Gasteiger partial charge in [-0.05, 0) is 49.9 Å². The lowest BCUT2D eigenvalue weighted by atomic mass is 10.1. The largest absolute Gasteiger partial charge is 0.355 e. The zero-order valence-electron chi connectivity index (χ0n) is 20.3. The maximum absolute atomic E-state index is 13.3. The number of nitrogens with zero attached hydrogens (tertiary/aromatic N) is 2. The average molecular weight is 508 g/mol. The summed E-state index contributed by atoms with van der Waals surface area (Å²) in [4.78, 5) is 27.6. The lowest BCUT2D eigenvalue weighted by Gasteiger charge is -2.31. The first-order chi connectivity index (χ1) is 16.1. The van der Waals surface area contributed by atoms with E-state index in [0.29, 0.717) is 42.2 Å². The van der Waals surface area contributed by atoms with Crippen LogP contribution < -0.4 is 9.62 Å². The average Bonchev–Trinajstić information content (AvgIpc) is 2.79. The van der Waals surface area contributed by atoms with Crippen LogP contribution in [-0.4, -0.2) is 50.5 Å². The fraction of sp³-hybridized carbons (Fsp3) is 0.440. The van der Waals surface area contributed by atoms with Gasteiger partial charge in [-0.2, -0.15) is 0 Å². The van der Waals surface area contributed by atoms with Crippen LogP contribution in [0.5, 0.6) is 0 Å². The van der Waals surface area contributed by atoms with Crippen molar-refractivity contribution in [2.75, 3.05) is 23.7 Å². The van der Waals surface area contributed by atoms with E-state index in [1.165, 1.54) is 4.31 Å². The van der Waals surface area contributed by atoms with Crippen LogP contribution in [0.4, 0.5) is 5.69 Å². The van der Waals surface area contributed by atoms with Gasteiger partial charge in [-0.1, -0.05) is 54.9 Å². The summed E-state index contributed by atoms with van der Waals surface area (Å²) in [6, 6.07) is 14.0. The molecule has 7 nitrogen and oxygen atoms in total. The normalized spacial score (nSPS) is 12.1. The first-order valence-electron chi connectivity index (χ1n) is 11.4. The van der Waals surface area contributed by atoms with Crippen molar-refractivity contribution in [3.63, 3.8) is 0 Å². The molecule has 1 N–H and O–H groups in total. The number of likely N-dealkylation sites (N-methyl/N-ethyl adjacent to an activating group) is 1. The van der Waals surface area contributed by atoms with Gasteiger partial charge in [0.25, 0.3) is 0 Å². The number of nitrogens with one attached hydrogen (secondary N) is 1. The standard InChI is InChI=1S/C25H34ClN3O4S/c1-5-22(25(31)27-6-2)28(18-20-12-8-7-9-13-20)24(30)16-11-17-29(34(4,32)33)23-15-10-14-21(26)19(23)3/h7-10,12-15,22H,5-6,11,16-18H2,1-4H3,(H,27,31)/t22-/m1/s1. The molecule has 0 saturated heterocycles. The van der Waals surface area contributed by atoms with Crippen molar-refractivity contribution in [3.05, 3.63) is 64.7 Å². The Morgan fingerprint density at radius 1 is 1.06 bits per heavy atom. The van der Waals surface area contributed by atoms with Gasteiger partial charge in [0.1, 0.15) is 6.04 Å². The van der Waals surface area contributed by atoms with E-state index in [9.17, 15) is 18.0 Å². The van der Waals surface area contributed by atoms with E-state index in [-0.39, 0.29) is 24.8 Å². The molecule has 0 heterocycles. The highest BCUT2D eigenvalue weighted by atomic mass is 35.5. The van der Waals surface area contributed by atoms with Gasteiger partial charge in [-0.3, -0.25) is 13.9 Å². The van der Waals surface area contributed by atoms with Crippen molar-refractivity contribution in [1.29, 1.82) is 0 Å². The summed E-state index contributed by atoms with van der Waals surface area (Å²) in [7, 11) is -3.58. The van der Waals surface area contributed by atoms with Crippen molar-refractivity contribution >= 4 is 39.1 Å². The molecule has 186 valence electrons. The zero-order chi connectivity index (χ0) is 25.3. The number of anilines is 1. The predicted molar refractivity (Wildman–Crippen MR) is 137 cm³/mol. The van der Waals surface area contributed by atoms with Crippen LogP contribution in [0.1, 0.15) is 44.2 Å². The molecular weight excluding hydrogens is 474 g/mol. The monoisotopic (exact) mass is 507 g/mol. The predicted octanol–water partition coefficient (Wildman–Crippen LogP) is 4.14. The third-order valence-electron chi connectivity index (χ3n) is 5.59. The molecule has 2 rings (SSSR count). The molecule has 1 atom stereocenters. The van der Waals surface area contributed by atoms with E-state index in [2.05, 4.69) is 5.32 Å². The summed E-state index contributed by atoms with van der Waals surface area (Å²) < 4.78 is 26.3. The van der Waals surface area contributed by atoms with Crippen LogP contribution >= 0.6 is 11.6 Å². The van der Waals surface area contributed by atoms with Gasteiger partial charge in [-0.25, -0.2) is 8.42 Å². The van der Waals surface area contributed by atoms with Crippen LogP contribution in [0.15, 0.2) is 48.5 Å². The third-order valence-corrected chi connectivity index (χ3v) is 7.18. The zero-order valence-corrected chi connectivity index (χ0v) is 21.8. The third kappa shape index (κ3) is 7.46. The molecule has 0 fully saturated rings. The van der Waals surface area contributed by atoms with Crippen LogP contribution in [-0.2, 0) is 26.2 Å². The Hall–Kier alpha value is -2.58. The Morgan fingerprint density at radius 2 is 1.74 bits per heavy atom. The Bertz CT molecular complexity index is 1080. The van der Waals surface area contributed by atoms with E-state index in [1.54, 1.807) is 30.0 Å². The van der Waals surface area contributed by atoms with E-state index >= 15 is 0 Å². The molecular formula is C25H34ClN3O4S. The second-order valence-electron chi connectivity index (χ2n) is 8.15. The molecule has 0 unspecified atom stereocenters. The maximum Gasteiger partial charge on any atom is 0.242 e. The minimum Gasteiger partial charge on any atom is -0.355 e. The first kappa shape index (κ1) is 27.7. The second kappa shape index (κ2) is 12.8. The molecule has 0 aliphatic carbocycles. The number of benzene rings is 2. The molecule has 0 bridgehead atoms. The Labute approximate surface area is 208 Å². The molecule has 0 aromatic heterocycles. The van der Waals surface area contributed by atoms with E-state index < -0.39 is 16.1 Å². The van der Waals surface area contributed by atoms with Crippen molar-refractivity contribution in [2.45, 2.75) is 52.6 Å². The number of amides is 2. The van der Waals surface area contributed by atoms with Crippen molar-refractivity contribution in [1.82, 2.24) is 10.2 Å². The van der Waals surface area contributed by atoms with E-state index in [0.717, 1.165) is 11.8 Å². The molecule has 0 aliphatic rings. The molecule has 34 heavy (non-hydrogen) atoms. The SMILES string of the molecule is CCNC(=O)[C@@H](CC)N(Cc1ccccc1)C(=O)CCCN(c1cccc(Cl)c1C)S(C)(=O)=O. The smallest absolute Gasteiger partial charge is 0.242 e. The first-order valence-corrected chi connectivity index (χ1v) is 13.7. The highest BCUT2D eigenvalue weighted by Gasteiger charge is 2.28. The topological polar surface area (TPSA) is 86.8 Å². The van der Waals surface area contributed by atoms with Crippen molar-refractivity contribution in [3.8, 4) is 0 Å². The molecule has 0 radical (unpaired) electrons. The Kier molecular flexibility index (Phi) is 10.4. The minimum absolute atomic E-state index is 0.106. The van der Waals surface area contributed by atoms with Gasteiger partial charge < -0.3 is 10.2 Å². The van der Waals surface area contributed by atoms with Gasteiger partial charge in [0.15, 0.2) is 0 Å². The molecule has 0 saturated carbocycles. The highest BCUT2D eigenvalue weighted by molar-refractivity contribution is 7.92. The summed E-state index contributed by atoms with van der Waals surface area (Å²) in [5.41, 5.74) is 2.08. The lowest BCUT2D eigenvalue weighted by Crippen LogP contribution is -2.49. The van der Waals surface area contributed by atoms with Gasteiger partial charge in [-0.15, -0.1) is 0 Å². The van der Waals surface area contributed by atoms with Crippen LogP contribution in [0.25, 0.3) is 0 Å². The summed E-state index contributed by atoms with van der Waals surface area (Å²) >= 11 is 6.20. The summed E-state index contributed by atoms with van der Waals surface area (Å²) in [5, 5.41) is 3.29. The number of sulfonamides is 1. The fourth-order valence-electron chi connectivity index (χ4n) is 3.84. The molecule has 2 aromatic rings. The molecule has 0 spiro atoms. The number of halogens is 1. The van der Waals surface area contributed by atoms with Gasteiger partial charge in [0, 0.05) is 31.1 Å². The van der Waals surface area contributed by atoms with Gasteiger partial charge >= 0.3 is 0 Å². The number of carbonyl (C=O) groups excluding carboxylic acids is 2. The van der Waals surface area contributed by atoms with Crippen LogP contribution in [0.2, 0.25) is 5.02 Å². The van der Waals surface area contributed by atoms with E-state index in [4.69, 9.17) is 11.6 Å². The van der Waals surface area contributed by atoms with Gasteiger partial charge in [0.2, 0.25) is 21.8 Å². The molecule has 2 amide bonds. The molecule has 2 aromatic carbocycles. The Balaban J connectivity index is 2.21. The molecule has 0 aliphatic heterocycles. The maximum atomic E-state index is 13.3. The van der Waals surface area contributed by atoms with Crippen molar-refractivity contribution < 1.29 is 18.0 Å². The fourth-order valence-corrected chi connectivity index (χ4v) is 5.03. The van der Waals surface area contributed by atoms with E-state index in [1.807, 2.05) is 44.2 Å². The lowest BCUT2D eigenvalue weighted by molar-refractivity contribution is -0.141.